The van der Waals surface area contributed by atoms with Crippen molar-refractivity contribution in [3.8, 4) is 22.4 Å². The lowest BCUT2D eigenvalue weighted by Crippen LogP contribution is -2.52. The minimum atomic E-state index is -0.978. The van der Waals surface area contributed by atoms with Gasteiger partial charge in [-0.1, -0.05) is 13.0 Å². The molecule has 0 atom stereocenters. The maximum atomic E-state index is 15.8. The zero-order valence-corrected chi connectivity index (χ0v) is 30.0. The molecule has 11 nitrogen and oxygen atoms in total. The maximum Gasteiger partial charge on any atom is 0.251 e. The van der Waals surface area contributed by atoms with Crippen LogP contribution >= 0.6 is 0 Å². The zero-order chi connectivity index (χ0) is 36.3. The van der Waals surface area contributed by atoms with Gasteiger partial charge in [0.2, 0.25) is 0 Å². The number of amides is 1. The largest absolute Gasteiger partial charge is 0.391 e. The van der Waals surface area contributed by atoms with Crippen LogP contribution in [0.25, 0.3) is 28.0 Å². The van der Waals surface area contributed by atoms with Crippen molar-refractivity contribution in [3.05, 3.63) is 83.1 Å². The van der Waals surface area contributed by atoms with Crippen molar-refractivity contribution < 1.29 is 27.9 Å². The van der Waals surface area contributed by atoms with Crippen molar-refractivity contribution in [1.29, 1.82) is 0 Å². The van der Waals surface area contributed by atoms with Gasteiger partial charge in [-0.3, -0.25) is 13.9 Å². The standard InChI is InChI=1S/C38H46F2N8O3/c1-6-27-21-28(7-8-29(27)38(50)43-22-26-11-16-48(4,17-12-26)18-19-49)44-36-37-42-23-32(46(37)14-13-41-36)30-9-10-31(35(40)34(30)39)33-24(2)45-47(25(33)3)15-20-51-5/h7-10,13-14,21,23,26,49H,6,11-12,15-20,22H2,1-5H3,(H-,41,43,44,50)/p+1. The zero-order valence-electron chi connectivity index (χ0n) is 30.0. The van der Waals surface area contributed by atoms with Gasteiger partial charge in [0, 0.05) is 72.5 Å². The molecule has 0 saturated carbocycles. The number of carbonyl (C=O) groups is 1. The Morgan fingerprint density at radius 1 is 1.10 bits per heavy atom. The summed E-state index contributed by atoms with van der Waals surface area (Å²) in [6.45, 7) is 10.2. The number of piperidine rings is 1. The molecule has 13 heteroatoms. The monoisotopic (exact) mass is 701 g/mol. The third-order valence-electron chi connectivity index (χ3n) is 10.3. The van der Waals surface area contributed by atoms with Gasteiger partial charge in [0.15, 0.2) is 23.1 Å². The quantitative estimate of drug-likeness (QED) is 0.135. The second-order valence-corrected chi connectivity index (χ2v) is 13.7. The molecule has 0 radical (unpaired) electrons. The first-order valence-corrected chi connectivity index (χ1v) is 17.5. The van der Waals surface area contributed by atoms with Gasteiger partial charge < -0.3 is 25.0 Å². The summed E-state index contributed by atoms with van der Waals surface area (Å²) in [4.78, 5) is 22.3. The number of imidazole rings is 1. The van der Waals surface area contributed by atoms with Crippen LogP contribution in [0.5, 0.6) is 0 Å². The van der Waals surface area contributed by atoms with Crippen molar-refractivity contribution in [2.75, 3.05) is 58.9 Å². The number of carbonyl (C=O) groups excluding carboxylic acids is 1. The summed E-state index contributed by atoms with van der Waals surface area (Å²) in [5.74, 6) is -1.18. The van der Waals surface area contributed by atoms with E-state index in [1.807, 2.05) is 32.0 Å². The lowest BCUT2D eigenvalue weighted by Gasteiger charge is -2.40. The Morgan fingerprint density at radius 3 is 2.57 bits per heavy atom. The molecule has 0 bridgehead atoms. The van der Waals surface area contributed by atoms with Gasteiger partial charge >= 0.3 is 0 Å². The van der Waals surface area contributed by atoms with Crippen molar-refractivity contribution >= 4 is 23.1 Å². The molecule has 6 rings (SSSR count). The summed E-state index contributed by atoms with van der Waals surface area (Å²) in [6.07, 6.45) is 7.42. The number of nitrogens with zero attached hydrogens (tertiary/aromatic N) is 6. The highest BCUT2D eigenvalue weighted by Gasteiger charge is 2.30. The Labute approximate surface area is 296 Å². The Balaban J connectivity index is 1.19. The second-order valence-electron chi connectivity index (χ2n) is 13.7. The van der Waals surface area contributed by atoms with Crippen molar-refractivity contribution in [2.24, 2.45) is 5.92 Å². The molecule has 51 heavy (non-hydrogen) atoms. The average molecular weight is 702 g/mol. The number of halogens is 2. The maximum absolute atomic E-state index is 15.8. The fourth-order valence-electron chi connectivity index (χ4n) is 7.20. The van der Waals surface area contributed by atoms with Crippen LogP contribution in [0.2, 0.25) is 0 Å². The topological polar surface area (TPSA) is 119 Å². The number of methoxy groups -OCH3 is 1. The molecule has 1 fully saturated rings. The predicted octanol–water partition coefficient (Wildman–Crippen LogP) is 5.69. The highest BCUT2D eigenvalue weighted by atomic mass is 19.2. The number of aliphatic hydroxyl groups is 1. The number of aryl methyl sites for hydroxylation is 2. The minimum Gasteiger partial charge on any atom is -0.391 e. The van der Waals surface area contributed by atoms with E-state index in [-0.39, 0.29) is 23.6 Å². The number of nitrogens with one attached hydrogen (secondary N) is 2. The fraction of sp³-hybridized carbons (Fsp3) is 0.421. The lowest BCUT2D eigenvalue weighted by atomic mass is 9.95. The number of rotatable bonds is 13. The number of aliphatic hydroxyl groups excluding tert-OH is 1. The van der Waals surface area contributed by atoms with Crippen LogP contribution in [0.4, 0.5) is 20.3 Å². The van der Waals surface area contributed by atoms with E-state index in [4.69, 9.17) is 4.74 Å². The normalized spacial score (nSPS) is 17.6. The fourth-order valence-corrected chi connectivity index (χ4v) is 7.20. The van der Waals surface area contributed by atoms with Gasteiger partial charge in [0.05, 0.1) is 57.5 Å². The molecule has 0 spiro atoms. The van der Waals surface area contributed by atoms with Crippen LogP contribution in [-0.4, -0.2) is 93.2 Å². The van der Waals surface area contributed by atoms with Crippen LogP contribution < -0.4 is 10.6 Å². The summed E-state index contributed by atoms with van der Waals surface area (Å²) in [6, 6.07) is 8.72. The summed E-state index contributed by atoms with van der Waals surface area (Å²) in [7, 11) is 3.78. The van der Waals surface area contributed by atoms with Gasteiger partial charge in [0.25, 0.3) is 5.91 Å². The van der Waals surface area contributed by atoms with Crippen molar-refractivity contribution in [2.45, 2.75) is 46.6 Å². The van der Waals surface area contributed by atoms with E-state index in [2.05, 4.69) is 32.7 Å². The number of hydrogen-bond donors (Lipinski definition) is 3. The third-order valence-corrected chi connectivity index (χ3v) is 10.3. The van der Waals surface area contributed by atoms with E-state index in [0.717, 1.165) is 53.9 Å². The molecule has 4 heterocycles. The van der Waals surface area contributed by atoms with Crippen LogP contribution in [0, 0.1) is 31.4 Å². The highest BCUT2D eigenvalue weighted by molar-refractivity contribution is 5.96. The van der Waals surface area contributed by atoms with E-state index in [0.29, 0.717) is 66.0 Å². The third kappa shape index (κ3) is 7.37. The number of aromatic nitrogens is 5. The Kier molecular flexibility index (Phi) is 10.8. The molecule has 1 aliphatic heterocycles. The van der Waals surface area contributed by atoms with Crippen LogP contribution in [-0.2, 0) is 17.7 Å². The molecule has 1 saturated heterocycles. The highest BCUT2D eigenvalue weighted by Crippen LogP contribution is 2.35. The lowest BCUT2D eigenvalue weighted by molar-refractivity contribution is -0.915. The summed E-state index contributed by atoms with van der Waals surface area (Å²) < 4.78 is 41.0. The first-order valence-electron chi connectivity index (χ1n) is 17.5. The molecular weight excluding hydrogens is 654 g/mol. The number of likely N-dealkylation sites (tertiary alicyclic amines) is 1. The number of fused-ring (bicyclic) bond motifs is 1. The van der Waals surface area contributed by atoms with E-state index >= 15 is 8.78 Å². The van der Waals surface area contributed by atoms with Gasteiger partial charge in [0.1, 0.15) is 6.54 Å². The van der Waals surface area contributed by atoms with Gasteiger partial charge in [-0.2, -0.15) is 5.10 Å². The molecule has 5 aromatic rings. The SMILES string of the molecule is CCc1cc(Nc2nccn3c(-c4ccc(-c5c(C)nn(CCOC)c5C)c(F)c4F)cnc23)ccc1C(=O)NCC1CC[N+](C)(CCO)CC1. The minimum absolute atomic E-state index is 0.0677. The van der Waals surface area contributed by atoms with Crippen molar-refractivity contribution in [3.63, 3.8) is 0 Å². The molecule has 1 aliphatic rings. The van der Waals surface area contributed by atoms with Gasteiger partial charge in [-0.05, 0) is 56.0 Å². The molecular formula is C38H47F2N8O3+. The van der Waals surface area contributed by atoms with Gasteiger partial charge in [-0.15, -0.1) is 0 Å². The van der Waals surface area contributed by atoms with E-state index < -0.39 is 11.6 Å². The predicted molar refractivity (Wildman–Crippen MR) is 193 cm³/mol. The summed E-state index contributed by atoms with van der Waals surface area (Å²) >= 11 is 0. The summed E-state index contributed by atoms with van der Waals surface area (Å²) in [5.41, 5.74) is 5.15. The second kappa shape index (κ2) is 15.3. The Hall–Kier alpha value is -4.72. The van der Waals surface area contributed by atoms with Crippen LogP contribution in [0.1, 0.15) is 47.1 Å². The molecule has 3 aromatic heterocycles. The number of anilines is 2. The van der Waals surface area contributed by atoms with E-state index in [1.165, 1.54) is 6.20 Å². The molecule has 2 aromatic carbocycles. The molecule has 3 N–H and O–H groups in total. The molecule has 270 valence electrons. The molecule has 1 amide bonds. The number of ether oxygens (including phenoxy) is 1. The van der Waals surface area contributed by atoms with E-state index in [1.54, 1.807) is 47.6 Å². The van der Waals surface area contributed by atoms with Crippen LogP contribution in [0.15, 0.2) is 48.9 Å². The number of quaternary nitrogens is 1. The number of likely N-dealkylation sites (N-methyl/N-ethyl adjacent to an activating group) is 1. The molecule has 0 unspecified atom stereocenters. The van der Waals surface area contributed by atoms with Crippen molar-refractivity contribution in [1.82, 2.24) is 29.5 Å². The van der Waals surface area contributed by atoms with Gasteiger partial charge in [-0.25, -0.2) is 18.7 Å². The average Bonchev–Trinajstić information content (AvgIpc) is 3.68. The molecule has 0 aliphatic carbocycles. The summed E-state index contributed by atoms with van der Waals surface area (Å²) in [5, 5.41) is 20.3. The Bertz CT molecular complexity index is 2030. The smallest absolute Gasteiger partial charge is 0.251 e. The van der Waals surface area contributed by atoms with Crippen LogP contribution in [0.3, 0.4) is 0 Å². The first kappa shape index (κ1) is 36.1. The van der Waals surface area contributed by atoms with E-state index in [9.17, 15) is 9.90 Å². The first-order chi connectivity index (χ1) is 24.6. The number of hydrogen-bond acceptors (Lipinski definition) is 7. The Morgan fingerprint density at radius 2 is 1.84 bits per heavy atom. The number of benzene rings is 2.